The molecule has 5 rings (SSSR count). The zero-order valence-electron chi connectivity index (χ0n) is 18.2. The Morgan fingerprint density at radius 3 is 2.73 bits per heavy atom. The maximum atomic E-state index is 12.1. The Labute approximate surface area is 189 Å². The molecule has 33 heavy (non-hydrogen) atoms. The third-order valence-corrected chi connectivity index (χ3v) is 5.68. The van der Waals surface area contributed by atoms with Crippen LogP contribution in [0.4, 0.5) is 16.4 Å². The average molecular weight is 446 g/mol. The number of anilines is 2. The normalized spacial score (nSPS) is 15.4. The second kappa shape index (κ2) is 8.38. The highest BCUT2D eigenvalue weighted by Gasteiger charge is 2.33. The van der Waals surface area contributed by atoms with Gasteiger partial charge < -0.3 is 20.3 Å². The van der Waals surface area contributed by atoms with Crippen molar-refractivity contribution in [3.8, 4) is 11.8 Å². The monoisotopic (exact) mass is 446 g/mol. The summed E-state index contributed by atoms with van der Waals surface area (Å²) in [5.74, 6) is 7.26. The summed E-state index contributed by atoms with van der Waals surface area (Å²) < 4.78 is 6.53. The van der Waals surface area contributed by atoms with Gasteiger partial charge in [0.15, 0.2) is 11.6 Å². The molecule has 1 saturated carbocycles. The molecular formula is C22H22N8O3. The molecule has 11 nitrogen and oxygen atoms in total. The molecule has 0 atom stereocenters. The summed E-state index contributed by atoms with van der Waals surface area (Å²) in [4.78, 5) is 29.6. The van der Waals surface area contributed by atoms with E-state index in [1.54, 1.807) is 35.1 Å². The Balaban J connectivity index is 1.38. The Bertz CT molecular complexity index is 1300. The Hall–Kier alpha value is -4.20. The zero-order chi connectivity index (χ0) is 22.9. The summed E-state index contributed by atoms with van der Waals surface area (Å²) in [5, 5.41) is 19.3. The largest absolute Gasteiger partial charge is 0.453 e. The van der Waals surface area contributed by atoms with Crippen LogP contribution in [0.15, 0.2) is 24.7 Å². The van der Waals surface area contributed by atoms with Crippen LogP contribution >= 0.6 is 0 Å². The van der Waals surface area contributed by atoms with Crippen LogP contribution in [0.3, 0.4) is 0 Å². The average Bonchev–Trinajstić information content (AvgIpc) is 3.55. The van der Waals surface area contributed by atoms with E-state index < -0.39 is 0 Å². The number of nitrogens with zero attached hydrogens (tertiary/aromatic N) is 6. The number of aromatic nitrogens is 5. The molecule has 2 fully saturated rings. The molecule has 1 saturated heterocycles. The smallest absolute Gasteiger partial charge is 0.409 e. The number of ether oxygens (including phenoxy) is 1. The van der Waals surface area contributed by atoms with Crippen LogP contribution in [0.2, 0.25) is 0 Å². The molecule has 168 valence electrons. The Kier molecular flexibility index (Phi) is 5.26. The van der Waals surface area contributed by atoms with E-state index in [0.717, 1.165) is 23.8 Å². The first-order valence-corrected chi connectivity index (χ1v) is 10.6. The van der Waals surface area contributed by atoms with Crippen LogP contribution in [-0.4, -0.2) is 69.1 Å². The van der Waals surface area contributed by atoms with Crippen LogP contribution in [-0.2, 0) is 9.53 Å². The number of methoxy groups -OCH3 is 1. The van der Waals surface area contributed by atoms with Crippen molar-refractivity contribution in [1.82, 2.24) is 29.9 Å². The third-order valence-electron chi connectivity index (χ3n) is 5.68. The van der Waals surface area contributed by atoms with E-state index >= 15 is 0 Å². The Morgan fingerprint density at radius 1 is 1.18 bits per heavy atom. The molecule has 2 N–H and O–H groups in total. The lowest BCUT2D eigenvalue weighted by molar-refractivity contribution is -0.117. The number of carbonyl (C=O) groups is 2. The quantitative estimate of drug-likeness (QED) is 0.579. The second-order valence-electron chi connectivity index (χ2n) is 8.01. The van der Waals surface area contributed by atoms with Crippen molar-refractivity contribution < 1.29 is 14.3 Å². The summed E-state index contributed by atoms with van der Waals surface area (Å²) >= 11 is 0. The van der Waals surface area contributed by atoms with E-state index in [1.807, 2.05) is 6.20 Å². The molecule has 0 bridgehead atoms. The topological polar surface area (TPSA) is 127 Å². The molecule has 1 aliphatic carbocycles. The first kappa shape index (κ1) is 20.7. The molecule has 11 heteroatoms. The van der Waals surface area contributed by atoms with Crippen molar-refractivity contribution in [3.63, 3.8) is 0 Å². The number of rotatable bonds is 4. The van der Waals surface area contributed by atoms with Crippen molar-refractivity contribution in [1.29, 1.82) is 0 Å². The van der Waals surface area contributed by atoms with Crippen molar-refractivity contribution >= 4 is 34.5 Å². The highest BCUT2D eigenvalue weighted by atomic mass is 16.5. The number of hydrogen-bond acceptors (Lipinski definition) is 8. The minimum absolute atomic E-state index is 0.0339. The standard InChI is InChI=1S/C22H22N8O3/c1-23-20-19-17(7-18(27-28-19)26-21(31)14-5-6-14)15(9-24-20)4-3-13-8-25-30(10-13)16-11-29(12-16)22(32)33-2/h7-10,14,16H,5-6,11-12H2,1-2H3,(H,23,24)(H,26,27,31). The van der Waals surface area contributed by atoms with Gasteiger partial charge in [0.1, 0.15) is 5.52 Å². The predicted octanol–water partition coefficient (Wildman–Crippen LogP) is 1.63. The van der Waals surface area contributed by atoms with E-state index in [0.29, 0.717) is 35.8 Å². The lowest BCUT2D eigenvalue weighted by Crippen LogP contribution is -2.50. The molecule has 1 aliphatic heterocycles. The summed E-state index contributed by atoms with van der Waals surface area (Å²) in [6, 6.07) is 1.87. The fourth-order valence-electron chi connectivity index (χ4n) is 3.59. The molecular weight excluding hydrogens is 424 g/mol. The van der Waals surface area contributed by atoms with Gasteiger partial charge in [-0.2, -0.15) is 5.10 Å². The van der Waals surface area contributed by atoms with Gasteiger partial charge in [-0.3, -0.25) is 9.48 Å². The number of fused-ring (bicyclic) bond motifs is 1. The number of nitrogens with one attached hydrogen (secondary N) is 2. The van der Waals surface area contributed by atoms with Crippen LogP contribution in [0.1, 0.15) is 30.0 Å². The van der Waals surface area contributed by atoms with Gasteiger partial charge in [-0.1, -0.05) is 11.8 Å². The maximum absolute atomic E-state index is 12.1. The fraction of sp³-hybridized carbons (Fsp3) is 0.364. The minimum Gasteiger partial charge on any atom is -0.453 e. The van der Waals surface area contributed by atoms with Crippen molar-refractivity contribution in [2.45, 2.75) is 18.9 Å². The Morgan fingerprint density at radius 2 is 2.00 bits per heavy atom. The summed E-state index contributed by atoms with van der Waals surface area (Å²) in [6.07, 6.45) is 6.69. The van der Waals surface area contributed by atoms with E-state index in [-0.39, 0.29) is 24.0 Å². The van der Waals surface area contributed by atoms with Gasteiger partial charge in [-0.05, 0) is 18.9 Å². The minimum atomic E-state index is -0.335. The molecule has 0 unspecified atom stereocenters. The zero-order valence-corrected chi connectivity index (χ0v) is 18.2. The molecule has 2 amide bonds. The molecule has 4 heterocycles. The maximum Gasteiger partial charge on any atom is 0.409 e. The molecule has 2 aliphatic rings. The first-order valence-electron chi connectivity index (χ1n) is 10.6. The van der Waals surface area contributed by atoms with E-state index in [9.17, 15) is 9.59 Å². The van der Waals surface area contributed by atoms with E-state index in [2.05, 4.69) is 42.8 Å². The summed E-state index contributed by atoms with van der Waals surface area (Å²) in [5.41, 5.74) is 1.97. The van der Waals surface area contributed by atoms with Crippen molar-refractivity contribution in [3.05, 3.63) is 35.8 Å². The van der Waals surface area contributed by atoms with Crippen LogP contribution in [0.25, 0.3) is 10.9 Å². The lowest BCUT2D eigenvalue weighted by Gasteiger charge is -2.37. The molecule has 3 aromatic heterocycles. The third kappa shape index (κ3) is 4.15. The second-order valence-corrected chi connectivity index (χ2v) is 8.01. The SMILES string of the molecule is CNc1ncc(C#Cc2cnn(C3CN(C(=O)OC)C3)c2)c2cc(NC(=O)C3CC3)nnc12. The highest BCUT2D eigenvalue weighted by molar-refractivity contribution is 5.97. The molecule has 0 spiro atoms. The van der Waals surface area contributed by atoms with Gasteiger partial charge >= 0.3 is 6.09 Å². The van der Waals surface area contributed by atoms with E-state index in [1.165, 1.54) is 7.11 Å². The summed E-state index contributed by atoms with van der Waals surface area (Å²) in [6.45, 7) is 1.10. The van der Waals surface area contributed by atoms with Crippen LogP contribution in [0.5, 0.6) is 0 Å². The summed E-state index contributed by atoms with van der Waals surface area (Å²) in [7, 11) is 3.13. The number of amides is 2. The first-order chi connectivity index (χ1) is 16.1. The number of likely N-dealkylation sites (tertiary alicyclic amines) is 1. The molecule has 0 aromatic carbocycles. The lowest BCUT2D eigenvalue weighted by atomic mass is 10.1. The highest BCUT2D eigenvalue weighted by Crippen LogP contribution is 2.30. The van der Waals surface area contributed by atoms with Crippen LogP contribution < -0.4 is 10.6 Å². The van der Waals surface area contributed by atoms with Gasteiger partial charge in [0.05, 0.1) is 30.5 Å². The fourth-order valence-corrected chi connectivity index (χ4v) is 3.59. The number of hydrogen-bond donors (Lipinski definition) is 2. The predicted molar refractivity (Wildman–Crippen MR) is 119 cm³/mol. The van der Waals surface area contributed by atoms with Crippen LogP contribution in [0, 0.1) is 17.8 Å². The number of carbonyl (C=O) groups excluding carboxylic acids is 2. The van der Waals surface area contributed by atoms with Crippen molar-refractivity contribution in [2.24, 2.45) is 5.92 Å². The van der Waals surface area contributed by atoms with E-state index in [4.69, 9.17) is 4.74 Å². The molecule has 3 aromatic rings. The van der Waals surface area contributed by atoms with Gasteiger partial charge in [-0.25, -0.2) is 9.78 Å². The molecule has 0 radical (unpaired) electrons. The van der Waals surface area contributed by atoms with Gasteiger partial charge in [0.2, 0.25) is 5.91 Å². The van der Waals surface area contributed by atoms with Gasteiger partial charge in [0.25, 0.3) is 0 Å². The van der Waals surface area contributed by atoms with Gasteiger partial charge in [0, 0.05) is 43.8 Å². The van der Waals surface area contributed by atoms with Gasteiger partial charge in [-0.15, -0.1) is 10.2 Å². The number of pyridine rings is 1. The van der Waals surface area contributed by atoms with Crippen molar-refractivity contribution in [2.75, 3.05) is 37.9 Å².